The second-order valence-corrected chi connectivity index (χ2v) is 6.80. The van der Waals surface area contributed by atoms with Gasteiger partial charge in [0.2, 0.25) is 0 Å². The van der Waals surface area contributed by atoms with Crippen LogP contribution in [0, 0.1) is 0 Å². The number of nitrogens with one attached hydrogen (secondary N) is 1. The lowest BCUT2D eigenvalue weighted by Gasteiger charge is -2.14. The Morgan fingerprint density at radius 3 is 2.55 bits per heavy atom. The van der Waals surface area contributed by atoms with Crippen molar-refractivity contribution < 1.29 is 4.42 Å². The Morgan fingerprint density at radius 1 is 1.15 bits per heavy atom. The van der Waals surface area contributed by atoms with Crippen LogP contribution in [-0.2, 0) is 0 Å². The summed E-state index contributed by atoms with van der Waals surface area (Å²) in [5.74, 6) is 0.967. The number of hydrogen-bond acceptors (Lipinski definition) is 3. The van der Waals surface area contributed by atoms with Gasteiger partial charge in [0, 0.05) is 15.8 Å². The predicted octanol–water partition coefficient (Wildman–Crippen LogP) is 5.49. The fourth-order valence-electron chi connectivity index (χ4n) is 2.69. The Morgan fingerprint density at radius 2 is 1.90 bits per heavy atom. The van der Waals surface area contributed by atoms with Gasteiger partial charge in [0.1, 0.15) is 5.76 Å². The molecule has 1 saturated carbocycles. The average molecular weight is 287 g/mol. The molecule has 1 aliphatic carbocycles. The molecule has 0 amide bonds. The van der Waals surface area contributed by atoms with Gasteiger partial charge in [0.25, 0.3) is 0 Å². The predicted molar refractivity (Wildman–Crippen MR) is 85.3 cm³/mol. The number of benzene rings is 1. The topological polar surface area (TPSA) is 25.2 Å². The summed E-state index contributed by atoms with van der Waals surface area (Å²) in [6.07, 6.45) is 7.27. The first-order chi connectivity index (χ1) is 9.81. The van der Waals surface area contributed by atoms with Gasteiger partial charge in [0.15, 0.2) is 0 Å². The first-order valence-electron chi connectivity index (χ1n) is 7.38. The minimum atomic E-state index is 0.193. The zero-order valence-corrected chi connectivity index (χ0v) is 12.7. The van der Waals surface area contributed by atoms with Crippen LogP contribution in [0.5, 0.6) is 0 Å². The van der Waals surface area contributed by atoms with Crippen molar-refractivity contribution in [3.63, 3.8) is 0 Å². The maximum atomic E-state index is 5.41. The van der Waals surface area contributed by atoms with Crippen LogP contribution in [0.3, 0.4) is 0 Å². The van der Waals surface area contributed by atoms with Crippen molar-refractivity contribution >= 4 is 17.4 Å². The number of thioether (sulfide) groups is 1. The van der Waals surface area contributed by atoms with Gasteiger partial charge >= 0.3 is 0 Å². The van der Waals surface area contributed by atoms with E-state index >= 15 is 0 Å². The summed E-state index contributed by atoms with van der Waals surface area (Å²) in [4.78, 5) is 1.38. The van der Waals surface area contributed by atoms with Crippen LogP contribution >= 0.6 is 11.8 Å². The molecule has 1 unspecified atom stereocenters. The Labute approximate surface area is 125 Å². The highest BCUT2D eigenvalue weighted by Crippen LogP contribution is 2.35. The molecule has 0 saturated heterocycles. The zero-order valence-electron chi connectivity index (χ0n) is 11.8. The molecule has 1 aromatic carbocycles. The van der Waals surface area contributed by atoms with Crippen LogP contribution in [0.25, 0.3) is 0 Å². The molecule has 1 aliphatic rings. The second-order valence-electron chi connectivity index (χ2n) is 5.43. The summed E-state index contributed by atoms with van der Waals surface area (Å²) >= 11 is 2.03. The van der Waals surface area contributed by atoms with E-state index in [0.29, 0.717) is 0 Å². The molecule has 2 nitrogen and oxygen atoms in total. The van der Waals surface area contributed by atoms with E-state index in [1.807, 2.05) is 23.9 Å². The first kappa shape index (κ1) is 13.6. The Balaban J connectivity index is 1.58. The third-order valence-corrected chi connectivity index (χ3v) is 5.16. The summed E-state index contributed by atoms with van der Waals surface area (Å²) in [7, 11) is 0. The number of anilines is 1. The molecule has 3 heteroatoms. The first-order valence-corrected chi connectivity index (χ1v) is 8.26. The van der Waals surface area contributed by atoms with E-state index in [2.05, 4.69) is 36.5 Å². The third-order valence-electron chi connectivity index (χ3n) is 3.81. The van der Waals surface area contributed by atoms with Gasteiger partial charge < -0.3 is 9.73 Å². The van der Waals surface area contributed by atoms with E-state index in [0.717, 1.165) is 16.7 Å². The van der Waals surface area contributed by atoms with E-state index < -0.39 is 0 Å². The third kappa shape index (κ3) is 3.40. The second kappa shape index (κ2) is 6.40. The lowest BCUT2D eigenvalue weighted by atomic mass is 10.2. The zero-order chi connectivity index (χ0) is 13.8. The standard InChI is InChI=1S/C17H21NOS/c1-13(17-7-4-12-19-17)18-14-8-10-16(11-9-14)20-15-5-2-3-6-15/h4,7-13,15,18H,2-3,5-6H2,1H3. The molecular formula is C17H21NOS. The van der Waals surface area contributed by atoms with E-state index in [-0.39, 0.29) is 6.04 Å². The maximum absolute atomic E-state index is 5.41. The molecular weight excluding hydrogens is 266 g/mol. The fourth-order valence-corrected chi connectivity index (χ4v) is 3.93. The largest absolute Gasteiger partial charge is 0.467 e. The van der Waals surface area contributed by atoms with Crippen molar-refractivity contribution in [1.29, 1.82) is 0 Å². The molecule has 1 aromatic heterocycles. The molecule has 2 aromatic rings. The molecule has 106 valence electrons. The van der Waals surface area contributed by atoms with Crippen molar-refractivity contribution in [2.45, 2.75) is 48.8 Å². The summed E-state index contributed by atoms with van der Waals surface area (Å²) in [5.41, 5.74) is 1.14. The molecule has 0 bridgehead atoms. The molecule has 3 rings (SSSR count). The van der Waals surface area contributed by atoms with Gasteiger partial charge in [0.05, 0.1) is 12.3 Å². The Bertz CT molecular complexity index is 514. The van der Waals surface area contributed by atoms with Crippen molar-refractivity contribution in [2.75, 3.05) is 5.32 Å². The minimum Gasteiger partial charge on any atom is -0.467 e. The smallest absolute Gasteiger partial charge is 0.125 e. The van der Waals surface area contributed by atoms with Crippen LogP contribution in [-0.4, -0.2) is 5.25 Å². The van der Waals surface area contributed by atoms with Gasteiger partial charge in [-0.2, -0.15) is 0 Å². The molecule has 0 radical (unpaired) electrons. The molecule has 20 heavy (non-hydrogen) atoms. The van der Waals surface area contributed by atoms with E-state index in [4.69, 9.17) is 4.42 Å². The SMILES string of the molecule is CC(Nc1ccc(SC2CCCC2)cc1)c1ccco1. The van der Waals surface area contributed by atoms with E-state index in [1.54, 1.807) is 6.26 Å². The quantitative estimate of drug-likeness (QED) is 0.787. The van der Waals surface area contributed by atoms with Crippen LogP contribution in [0.2, 0.25) is 0 Å². The highest BCUT2D eigenvalue weighted by molar-refractivity contribution is 8.00. The summed E-state index contributed by atoms with van der Waals surface area (Å²) in [5, 5.41) is 4.29. The Kier molecular flexibility index (Phi) is 4.36. The number of rotatable bonds is 5. The molecule has 1 N–H and O–H groups in total. The molecule has 1 heterocycles. The molecule has 1 fully saturated rings. The number of hydrogen-bond donors (Lipinski definition) is 1. The van der Waals surface area contributed by atoms with Crippen LogP contribution in [0.4, 0.5) is 5.69 Å². The summed E-state index contributed by atoms with van der Waals surface area (Å²) in [6, 6.07) is 12.9. The summed E-state index contributed by atoms with van der Waals surface area (Å²) in [6.45, 7) is 2.11. The monoisotopic (exact) mass is 287 g/mol. The Hall–Kier alpha value is -1.35. The fraction of sp³-hybridized carbons (Fsp3) is 0.412. The van der Waals surface area contributed by atoms with Crippen molar-refractivity contribution in [1.82, 2.24) is 0 Å². The van der Waals surface area contributed by atoms with Gasteiger partial charge in [-0.15, -0.1) is 11.8 Å². The van der Waals surface area contributed by atoms with E-state index in [1.165, 1.54) is 30.6 Å². The lowest BCUT2D eigenvalue weighted by Crippen LogP contribution is -2.05. The van der Waals surface area contributed by atoms with Crippen LogP contribution in [0.15, 0.2) is 52.0 Å². The number of furan rings is 1. The van der Waals surface area contributed by atoms with E-state index in [9.17, 15) is 0 Å². The van der Waals surface area contributed by atoms with Crippen molar-refractivity contribution in [3.05, 3.63) is 48.4 Å². The molecule has 0 spiro atoms. The van der Waals surface area contributed by atoms with Crippen LogP contribution in [0.1, 0.15) is 44.4 Å². The lowest BCUT2D eigenvalue weighted by molar-refractivity contribution is 0.490. The van der Waals surface area contributed by atoms with Crippen LogP contribution < -0.4 is 5.32 Å². The summed E-state index contributed by atoms with van der Waals surface area (Å²) < 4.78 is 5.41. The van der Waals surface area contributed by atoms with Crippen molar-refractivity contribution in [3.8, 4) is 0 Å². The average Bonchev–Trinajstić information content (AvgIpc) is 3.13. The molecule has 0 aliphatic heterocycles. The maximum Gasteiger partial charge on any atom is 0.125 e. The van der Waals surface area contributed by atoms with Gasteiger partial charge in [-0.05, 0) is 56.2 Å². The van der Waals surface area contributed by atoms with Gasteiger partial charge in [-0.3, -0.25) is 0 Å². The highest BCUT2D eigenvalue weighted by Gasteiger charge is 2.16. The van der Waals surface area contributed by atoms with Gasteiger partial charge in [-0.1, -0.05) is 12.8 Å². The normalized spacial score (nSPS) is 17.2. The van der Waals surface area contributed by atoms with Crippen molar-refractivity contribution in [2.24, 2.45) is 0 Å². The highest BCUT2D eigenvalue weighted by atomic mass is 32.2. The van der Waals surface area contributed by atoms with Gasteiger partial charge in [-0.25, -0.2) is 0 Å². The minimum absolute atomic E-state index is 0.193. The molecule has 1 atom stereocenters.